The minimum absolute atomic E-state index is 0.0401. The molecule has 0 unspecified atom stereocenters. The molecule has 1 saturated carbocycles. The second-order valence-electron chi connectivity index (χ2n) is 5.19. The highest BCUT2D eigenvalue weighted by Gasteiger charge is 2.28. The van der Waals surface area contributed by atoms with Gasteiger partial charge in [-0.05, 0) is 25.8 Å². The van der Waals surface area contributed by atoms with Gasteiger partial charge in [0, 0.05) is 35.3 Å². The molecule has 6 heteroatoms. The van der Waals surface area contributed by atoms with Crippen LogP contribution in [0.1, 0.15) is 18.5 Å². The Labute approximate surface area is 115 Å². The Hall–Kier alpha value is -2.21. The lowest BCUT2D eigenvalue weighted by Gasteiger charge is -2.32. The van der Waals surface area contributed by atoms with E-state index >= 15 is 0 Å². The number of pyridine rings is 1. The van der Waals surface area contributed by atoms with E-state index in [-0.39, 0.29) is 17.8 Å². The minimum Gasteiger partial charge on any atom is -0.490 e. The number of nitro groups is 1. The van der Waals surface area contributed by atoms with E-state index in [1.807, 2.05) is 13.0 Å². The maximum absolute atomic E-state index is 10.9. The third-order valence-corrected chi connectivity index (χ3v) is 3.52. The van der Waals surface area contributed by atoms with Crippen molar-refractivity contribution in [2.45, 2.75) is 31.9 Å². The molecular formula is C14H15N3O3. The van der Waals surface area contributed by atoms with E-state index in [4.69, 9.17) is 10.5 Å². The lowest BCUT2D eigenvalue weighted by atomic mass is 9.90. The average Bonchev–Trinajstić information content (AvgIpc) is 2.36. The first-order valence-corrected chi connectivity index (χ1v) is 6.51. The molecule has 0 aliphatic heterocycles. The van der Waals surface area contributed by atoms with E-state index < -0.39 is 4.92 Å². The summed E-state index contributed by atoms with van der Waals surface area (Å²) in [7, 11) is 0. The zero-order chi connectivity index (χ0) is 14.3. The van der Waals surface area contributed by atoms with Gasteiger partial charge in [0.1, 0.15) is 11.9 Å². The van der Waals surface area contributed by atoms with Crippen molar-refractivity contribution in [1.29, 1.82) is 0 Å². The largest absolute Gasteiger partial charge is 0.490 e. The summed E-state index contributed by atoms with van der Waals surface area (Å²) in [6.07, 6.45) is 1.73. The normalized spacial score (nSPS) is 21.5. The van der Waals surface area contributed by atoms with Crippen LogP contribution in [0.4, 0.5) is 5.69 Å². The molecule has 1 fully saturated rings. The molecule has 3 rings (SSSR count). The molecule has 0 radical (unpaired) electrons. The zero-order valence-electron chi connectivity index (χ0n) is 11.1. The van der Waals surface area contributed by atoms with Gasteiger partial charge in [-0.25, -0.2) is 0 Å². The number of ether oxygens (including phenoxy) is 1. The summed E-state index contributed by atoms with van der Waals surface area (Å²) >= 11 is 0. The highest BCUT2D eigenvalue weighted by molar-refractivity contribution is 5.87. The molecule has 2 N–H and O–H groups in total. The fourth-order valence-corrected chi connectivity index (χ4v) is 2.40. The molecule has 0 saturated heterocycles. The molecule has 1 aromatic carbocycles. The third-order valence-electron chi connectivity index (χ3n) is 3.52. The van der Waals surface area contributed by atoms with Crippen LogP contribution in [-0.4, -0.2) is 22.1 Å². The Morgan fingerprint density at radius 3 is 2.80 bits per heavy atom. The number of nitrogens with zero attached hydrogens (tertiary/aromatic N) is 2. The fourth-order valence-electron chi connectivity index (χ4n) is 2.40. The quantitative estimate of drug-likeness (QED) is 0.684. The lowest BCUT2D eigenvalue weighted by molar-refractivity contribution is -0.384. The van der Waals surface area contributed by atoms with Crippen molar-refractivity contribution >= 4 is 16.6 Å². The highest BCUT2D eigenvalue weighted by atomic mass is 16.6. The van der Waals surface area contributed by atoms with Gasteiger partial charge in [-0.1, -0.05) is 0 Å². The SMILES string of the molecule is Cc1cc(OC2CC(N)C2)c2cc([N+](=O)[O-])ccc2n1. The predicted molar refractivity (Wildman–Crippen MR) is 74.8 cm³/mol. The van der Waals surface area contributed by atoms with Crippen LogP contribution in [0.3, 0.4) is 0 Å². The summed E-state index contributed by atoms with van der Waals surface area (Å²) in [5.74, 6) is 0.646. The number of nitrogens with two attached hydrogens (primary N) is 1. The summed E-state index contributed by atoms with van der Waals surface area (Å²) in [6.45, 7) is 1.88. The number of fused-ring (bicyclic) bond motifs is 1. The van der Waals surface area contributed by atoms with Gasteiger partial charge in [0.05, 0.1) is 10.4 Å². The summed E-state index contributed by atoms with van der Waals surface area (Å²) < 4.78 is 5.91. The Morgan fingerprint density at radius 2 is 2.15 bits per heavy atom. The van der Waals surface area contributed by atoms with Crippen molar-refractivity contribution in [3.63, 3.8) is 0 Å². The van der Waals surface area contributed by atoms with E-state index in [1.54, 1.807) is 6.07 Å². The van der Waals surface area contributed by atoms with Crippen molar-refractivity contribution in [3.05, 3.63) is 40.1 Å². The van der Waals surface area contributed by atoms with E-state index in [0.29, 0.717) is 16.7 Å². The lowest BCUT2D eigenvalue weighted by Crippen LogP contribution is -2.43. The second-order valence-corrected chi connectivity index (χ2v) is 5.19. The van der Waals surface area contributed by atoms with E-state index in [2.05, 4.69) is 4.98 Å². The third kappa shape index (κ3) is 2.30. The highest BCUT2D eigenvalue weighted by Crippen LogP contribution is 2.32. The molecule has 1 aliphatic carbocycles. The van der Waals surface area contributed by atoms with Crippen molar-refractivity contribution in [2.24, 2.45) is 5.73 Å². The monoisotopic (exact) mass is 273 g/mol. The van der Waals surface area contributed by atoms with Crippen LogP contribution in [0.25, 0.3) is 10.9 Å². The summed E-state index contributed by atoms with van der Waals surface area (Å²) in [5.41, 5.74) is 7.31. The van der Waals surface area contributed by atoms with Gasteiger partial charge in [-0.15, -0.1) is 0 Å². The zero-order valence-corrected chi connectivity index (χ0v) is 11.1. The molecule has 1 aliphatic rings. The number of non-ortho nitro benzene ring substituents is 1. The number of rotatable bonds is 3. The number of nitro benzene ring substituents is 1. The maximum atomic E-state index is 10.9. The van der Waals surface area contributed by atoms with Crippen LogP contribution in [-0.2, 0) is 0 Å². The Bertz CT molecular complexity index is 681. The minimum atomic E-state index is -0.414. The molecule has 2 aromatic rings. The molecule has 1 heterocycles. The molecule has 0 atom stereocenters. The first kappa shape index (κ1) is 12.8. The molecule has 20 heavy (non-hydrogen) atoms. The van der Waals surface area contributed by atoms with Gasteiger partial charge in [0.25, 0.3) is 5.69 Å². The molecule has 6 nitrogen and oxygen atoms in total. The molecule has 0 bridgehead atoms. The first-order valence-electron chi connectivity index (χ1n) is 6.51. The number of hydrogen-bond acceptors (Lipinski definition) is 5. The first-order chi connectivity index (χ1) is 9.52. The van der Waals surface area contributed by atoms with Crippen molar-refractivity contribution in [1.82, 2.24) is 4.98 Å². The average molecular weight is 273 g/mol. The van der Waals surface area contributed by atoms with Gasteiger partial charge >= 0.3 is 0 Å². The van der Waals surface area contributed by atoms with Crippen molar-refractivity contribution in [2.75, 3.05) is 0 Å². The van der Waals surface area contributed by atoms with E-state index in [0.717, 1.165) is 18.5 Å². The van der Waals surface area contributed by atoms with Crippen LogP contribution < -0.4 is 10.5 Å². The summed E-state index contributed by atoms with van der Waals surface area (Å²) in [5, 5.41) is 11.6. The van der Waals surface area contributed by atoms with Crippen LogP contribution in [0.2, 0.25) is 0 Å². The number of aromatic nitrogens is 1. The van der Waals surface area contributed by atoms with Crippen LogP contribution >= 0.6 is 0 Å². The Kier molecular flexibility index (Phi) is 3.02. The second kappa shape index (κ2) is 4.72. The topological polar surface area (TPSA) is 91.3 Å². The van der Waals surface area contributed by atoms with Gasteiger partial charge in [-0.2, -0.15) is 0 Å². The van der Waals surface area contributed by atoms with Gasteiger partial charge < -0.3 is 10.5 Å². The van der Waals surface area contributed by atoms with Crippen LogP contribution in [0.5, 0.6) is 5.75 Å². The van der Waals surface area contributed by atoms with E-state index in [9.17, 15) is 10.1 Å². The number of aryl methyl sites for hydroxylation is 1. The molecule has 0 spiro atoms. The van der Waals surface area contributed by atoms with Gasteiger partial charge in [-0.3, -0.25) is 15.1 Å². The molecule has 0 amide bonds. The molecule has 104 valence electrons. The Morgan fingerprint density at radius 1 is 1.40 bits per heavy atom. The van der Waals surface area contributed by atoms with Crippen LogP contribution in [0.15, 0.2) is 24.3 Å². The van der Waals surface area contributed by atoms with Crippen LogP contribution in [0, 0.1) is 17.0 Å². The smallest absolute Gasteiger partial charge is 0.270 e. The summed E-state index contributed by atoms with van der Waals surface area (Å²) in [6, 6.07) is 6.63. The fraction of sp³-hybridized carbons (Fsp3) is 0.357. The maximum Gasteiger partial charge on any atom is 0.270 e. The van der Waals surface area contributed by atoms with E-state index in [1.165, 1.54) is 12.1 Å². The standard InChI is InChI=1S/C14H15N3O3/c1-8-4-14(20-11-5-9(15)6-11)12-7-10(17(18)19)2-3-13(12)16-8/h2-4,7,9,11H,5-6,15H2,1H3. The van der Waals surface area contributed by atoms with Gasteiger partial charge in [0.15, 0.2) is 0 Å². The summed E-state index contributed by atoms with van der Waals surface area (Å²) in [4.78, 5) is 14.8. The van der Waals surface area contributed by atoms with Crippen molar-refractivity contribution < 1.29 is 9.66 Å². The molecular weight excluding hydrogens is 258 g/mol. The van der Waals surface area contributed by atoms with Gasteiger partial charge in [0.2, 0.25) is 0 Å². The number of hydrogen-bond donors (Lipinski definition) is 1. The molecule has 1 aromatic heterocycles. The number of benzene rings is 1. The predicted octanol–water partition coefficient (Wildman–Crippen LogP) is 2.32. The Balaban J connectivity index is 2.03. The van der Waals surface area contributed by atoms with Crippen molar-refractivity contribution in [3.8, 4) is 5.75 Å².